The number of amides is 6. The summed E-state index contributed by atoms with van der Waals surface area (Å²) < 4.78 is 39.0. The zero-order valence-corrected chi connectivity index (χ0v) is 65.4. The Labute approximate surface area is 593 Å². The molecule has 0 unspecified atom stereocenters. The average Bonchev–Trinajstić information content (AvgIpc) is 0.808. The molecule has 0 heterocycles. The Hall–Kier alpha value is -7.24. The van der Waals surface area contributed by atoms with Crippen LogP contribution in [0.3, 0.4) is 0 Å². The van der Waals surface area contributed by atoms with Crippen LogP contribution in [-0.2, 0) is 74.9 Å². The van der Waals surface area contributed by atoms with Gasteiger partial charge in [-0.1, -0.05) is 42.5 Å². The van der Waals surface area contributed by atoms with E-state index >= 15 is 0 Å². The van der Waals surface area contributed by atoms with Gasteiger partial charge in [-0.2, -0.15) is 0 Å². The van der Waals surface area contributed by atoms with Crippen molar-refractivity contribution < 1.29 is 76.4 Å². The molecule has 0 spiro atoms. The minimum absolute atomic E-state index is 0.0519. The number of carbonyl (C=O) groups is 10. The zero-order valence-electron chi connectivity index (χ0n) is 62.6. The Morgan fingerprint density at radius 3 is 1.31 bits per heavy atom. The van der Waals surface area contributed by atoms with Crippen LogP contribution in [0.2, 0.25) is 13.3 Å². The van der Waals surface area contributed by atoms with Crippen LogP contribution in [0, 0.1) is 0 Å². The number of unbranched alkanes of at least 4 members (excludes halogenated alkanes) is 4. The predicted octanol–water partition coefficient (Wildman–Crippen LogP) is 11.3. The number of rotatable bonds is 39. The molecule has 0 bridgehead atoms. The summed E-state index contributed by atoms with van der Waals surface area (Å²) in [5.74, 6) is -5.41. The van der Waals surface area contributed by atoms with Gasteiger partial charge in [0.25, 0.3) is 5.91 Å². The third-order valence-corrected chi connectivity index (χ3v) is 31.1. The van der Waals surface area contributed by atoms with Gasteiger partial charge in [-0.05, 0) is 147 Å². The van der Waals surface area contributed by atoms with Crippen LogP contribution in [0.25, 0.3) is 0 Å². The summed E-state index contributed by atoms with van der Waals surface area (Å²) in [5.41, 5.74) is -2.62. The second-order valence-corrected chi connectivity index (χ2v) is 43.8. The van der Waals surface area contributed by atoms with E-state index in [-0.39, 0.29) is 57.2 Å². The molecular weight excluding hydrogens is 1370 g/mol. The number of esters is 5. The molecule has 6 amide bonds. The first-order valence-electron chi connectivity index (χ1n) is 35.4. The number of hydrogen-bond donors (Lipinski definition) is 6. The van der Waals surface area contributed by atoms with Gasteiger partial charge in [0.2, 0.25) is 5.91 Å². The van der Waals surface area contributed by atoms with E-state index in [0.717, 1.165) is 24.8 Å². The molecule has 6 N–H and O–H groups in total. The molecule has 0 saturated heterocycles. The molecule has 0 aliphatic heterocycles. The van der Waals surface area contributed by atoms with Gasteiger partial charge in [-0.25, -0.2) is 14.4 Å². The molecule has 0 aliphatic rings. The normalized spacial score (nSPS) is 13.6. The zero-order chi connectivity index (χ0) is 74.4. The first-order chi connectivity index (χ1) is 46.1. The van der Waals surface area contributed by atoms with Crippen molar-refractivity contribution in [2.24, 2.45) is 0 Å². The van der Waals surface area contributed by atoms with E-state index in [2.05, 4.69) is 64.8 Å². The predicted molar refractivity (Wildman–Crippen MR) is 386 cm³/mol. The first kappa shape index (κ1) is 86.0. The van der Waals surface area contributed by atoms with Gasteiger partial charge >= 0.3 is 254 Å². The molecule has 5 atom stereocenters. The quantitative estimate of drug-likeness (QED) is 0.0134. The van der Waals surface area contributed by atoms with E-state index in [4.69, 9.17) is 28.4 Å². The fraction of sp³-hybridized carbons (Fsp3) is 0.632. The number of ether oxygens (including phenoxy) is 6. The minimum atomic E-state index is -2.84. The number of nitrogens with one attached hydrogen (secondary N) is 6. The molecule has 99 heavy (non-hydrogen) atoms. The molecule has 0 fully saturated rings. The third kappa shape index (κ3) is 35.6. The monoisotopic (exact) mass is 1490 g/mol. The average molecular weight is 1490 g/mol. The van der Waals surface area contributed by atoms with Crippen molar-refractivity contribution in [1.29, 1.82) is 0 Å². The molecule has 3 aromatic carbocycles. The molecule has 552 valence electrons. The Kier molecular flexibility index (Phi) is 35.5. The number of urea groups is 1. The molecule has 22 nitrogen and oxygen atoms in total. The van der Waals surface area contributed by atoms with Gasteiger partial charge in [-0.3, -0.25) is 14.4 Å². The molecule has 3 rings (SSSR count). The number of carbonyl (C=O) groups excluding carboxylic acids is 10. The SMILES string of the molecule is CCC[CH2][Sn]([CH2]CCC)([CH2]CCC)[c]1ccc(C(=O)N[C@@H](CCC(=O)OC(C)(C)C)C(=O)N[C@@H](Cc2ccc(OCC(=O)N[C@@H](Cc3ccccc3)C(=O)NCCCC[C@H](NC(=O)N[C@@H](CCC(=O)OC(C)(C)C)C(=O)OC(C)(C)C)C(=O)OC(C)(C)C)cc2)C(=O)OC(C)(C)C)cc1. The summed E-state index contributed by atoms with van der Waals surface area (Å²) in [7, 11) is 0. The van der Waals surface area contributed by atoms with E-state index in [9.17, 15) is 47.9 Å². The van der Waals surface area contributed by atoms with Gasteiger partial charge in [0.15, 0.2) is 6.61 Å². The summed E-state index contributed by atoms with van der Waals surface area (Å²) in [6.45, 7) is 31.8. The summed E-state index contributed by atoms with van der Waals surface area (Å²) in [5, 5.41) is 16.5. The molecule has 0 radical (unpaired) electrons. The second kappa shape index (κ2) is 40.9. The van der Waals surface area contributed by atoms with Gasteiger partial charge in [-0.15, -0.1) is 0 Å². The van der Waals surface area contributed by atoms with Crippen molar-refractivity contribution in [3.63, 3.8) is 0 Å². The maximum atomic E-state index is 14.5. The van der Waals surface area contributed by atoms with Crippen LogP contribution in [0.4, 0.5) is 4.79 Å². The van der Waals surface area contributed by atoms with E-state index in [0.29, 0.717) is 24.0 Å². The summed E-state index contributed by atoms with van der Waals surface area (Å²) >= 11 is -2.84. The molecule has 23 heteroatoms. The fourth-order valence-corrected chi connectivity index (χ4v) is 26.7. The Morgan fingerprint density at radius 1 is 0.414 bits per heavy atom. The van der Waals surface area contributed by atoms with Crippen LogP contribution >= 0.6 is 0 Å². The standard InChI is InChI=1S/C64H91N6O16.3C4H9.Sn/c1-60(2,3)82-51(72)35-33-45(67-53(74)43-26-20-17-21-27-43)55(76)68-49(58(79)86-64(13,14)15)39-42-29-31-44(32-30-42)81-40-50(71)66-48(38-41-24-18-16-19-25-41)54(75)65-37-23-22-28-46(56(77)84-62(7,8)9)69-59(80)70-47(57(78)85-63(10,11)12)34-36-52(73)83-61(4,5)6;3*1-3-4-2;/h16,18-21,24-27,29-32,45-49H,22-23,28,33-40H2,1-15H3,(H,65,75)(H,66,71)(H,67,74)(H,68,76)(H2,69,70,80);3*1,3-4H2,2H3;/t45-,46-,47-,48-,49-;;;;/m0..../s1. The van der Waals surface area contributed by atoms with Gasteiger partial charge in [0.05, 0.1) is 0 Å². The number of benzene rings is 3. The molecule has 3 aromatic rings. The maximum absolute atomic E-state index is 14.5. The van der Waals surface area contributed by atoms with E-state index in [1.165, 1.54) is 36.2 Å². The first-order valence-corrected chi connectivity index (χ1v) is 42.8. The Morgan fingerprint density at radius 2 is 0.848 bits per heavy atom. The van der Waals surface area contributed by atoms with E-state index in [1.54, 1.807) is 128 Å². The summed E-state index contributed by atoms with van der Waals surface area (Å²) in [6.07, 6.45) is 7.07. The fourth-order valence-electron chi connectivity index (χ4n) is 10.8. The van der Waals surface area contributed by atoms with Crippen LogP contribution in [0.15, 0.2) is 78.9 Å². The van der Waals surface area contributed by atoms with Gasteiger partial charge < -0.3 is 40.2 Å². The van der Waals surface area contributed by atoms with Crippen LogP contribution in [0.5, 0.6) is 5.75 Å². The van der Waals surface area contributed by atoms with Crippen molar-refractivity contribution in [3.05, 3.63) is 95.6 Å². The van der Waals surface area contributed by atoms with Crippen molar-refractivity contribution >= 4 is 81.5 Å². The van der Waals surface area contributed by atoms with Crippen LogP contribution in [-0.4, -0.2) is 149 Å². The molecular formula is C76H118N6O16Sn. The Balaban J connectivity index is 1.77. The van der Waals surface area contributed by atoms with Crippen LogP contribution in [0.1, 0.15) is 230 Å². The van der Waals surface area contributed by atoms with Crippen molar-refractivity contribution in [1.82, 2.24) is 31.9 Å². The summed E-state index contributed by atoms with van der Waals surface area (Å²) in [4.78, 5) is 136. The number of hydrogen-bond acceptors (Lipinski definition) is 16. The Bertz CT molecular complexity index is 3050. The van der Waals surface area contributed by atoms with E-state index < -0.39 is 143 Å². The van der Waals surface area contributed by atoms with Gasteiger partial charge in [0, 0.05) is 19.4 Å². The van der Waals surface area contributed by atoms with E-state index in [1.807, 2.05) is 42.5 Å². The van der Waals surface area contributed by atoms with Crippen molar-refractivity contribution in [3.8, 4) is 5.75 Å². The molecule has 0 saturated carbocycles. The van der Waals surface area contributed by atoms with Crippen molar-refractivity contribution in [2.75, 3.05) is 13.2 Å². The topological polar surface area (TPSA) is 298 Å². The summed E-state index contributed by atoms with van der Waals surface area (Å²) in [6, 6.07) is 16.7. The molecule has 0 aliphatic carbocycles. The van der Waals surface area contributed by atoms with Crippen molar-refractivity contribution in [2.45, 2.75) is 292 Å². The van der Waals surface area contributed by atoms with Gasteiger partial charge in [0.1, 0.15) is 46.3 Å². The van der Waals surface area contributed by atoms with Crippen LogP contribution < -0.4 is 40.2 Å². The molecule has 0 aromatic heterocycles. The third-order valence-electron chi connectivity index (χ3n) is 15.4. The second-order valence-electron chi connectivity index (χ2n) is 30.6.